The molecule has 3 heterocycles. The monoisotopic (exact) mass is 246 g/mol. The number of morpholine rings is 1. The summed E-state index contributed by atoms with van der Waals surface area (Å²) in [6, 6.07) is 4.37. The minimum atomic E-state index is 0.176. The van der Waals surface area contributed by atoms with E-state index in [-0.39, 0.29) is 5.41 Å². The minimum absolute atomic E-state index is 0.176. The predicted octanol–water partition coefficient (Wildman–Crippen LogP) is 2.75. The van der Waals surface area contributed by atoms with Crippen LogP contribution >= 0.6 is 0 Å². The second-order valence-corrected chi connectivity index (χ2v) is 6.52. The van der Waals surface area contributed by atoms with Crippen LogP contribution in [0.1, 0.15) is 39.2 Å². The molecule has 18 heavy (non-hydrogen) atoms. The van der Waals surface area contributed by atoms with Crippen LogP contribution in [-0.2, 0) is 10.2 Å². The zero-order chi connectivity index (χ0) is 12.8. The van der Waals surface area contributed by atoms with Crippen molar-refractivity contribution in [1.82, 2.24) is 4.98 Å². The Bertz CT molecular complexity index is 409. The highest BCUT2D eigenvalue weighted by Crippen LogP contribution is 2.29. The second-order valence-electron chi connectivity index (χ2n) is 6.52. The lowest BCUT2D eigenvalue weighted by Crippen LogP contribution is -2.43. The first-order valence-corrected chi connectivity index (χ1v) is 6.89. The first-order chi connectivity index (χ1) is 8.52. The lowest BCUT2D eigenvalue weighted by Gasteiger charge is -2.33. The average Bonchev–Trinajstić information content (AvgIpc) is 2.67. The van der Waals surface area contributed by atoms with Crippen molar-refractivity contribution in [3.8, 4) is 0 Å². The minimum Gasteiger partial charge on any atom is -0.371 e. The van der Waals surface area contributed by atoms with E-state index in [2.05, 4.69) is 42.8 Å². The van der Waals surface area contributed by atoms with Gasteiger partial charge in [0.1, 0.15) is 5.82 Å². The number of nitrogens with zero attached hydrogens (tertiary/aromatic N) is 2. The Morgan fingerprint density at radius 2 is 1.83 bits per heavy atom. The molecule has 0 amide bonds. The topological polar surface area (TPSA) is 25.4 Å². The molecule has 2 fully saturated rings. The lowest BCUT2D eigenvalue weighted by atomic mass is 9.88. The number of ether oxygens (including phenoxy) is 1. The second kappa shape index (κ2) is 4.23. The van der Waals surface area contributed by atoms with Gasteiger partial charge in [0.25, 0.3) is 0 Å². The van der Waals surface area contributed by atoms with Gasteiger partial charge in [-0.25, -0.2) is 4.98 Å². The summed E-state index contributed by atoms with van der Waals surface area (Å²) in [5, 5.41) is 0. The number of rotatable bonds is 1. The van der Waals surface area contributed by atoms with E-state index in [0.717, 1.165) is 18.9 Å². The van der Waals surface area contributed by atoms with Crippen LogP contribution in [0.25, 0.3) is 0 Å². The molecule has 2 aliphatic rings. The van der Waals surface area contributed by atoms with Gasteiger partial charge in [-0.1, -0.05) is 26.8 Å². The molecule has 3 heteroatoms. The molecular weight excluding hydrogens is 224 g/mol. The lowest BCUT2D eigenvalue weighted by molar-refractivity contribution is 0.0302. The van der Waals surface area contributed by atoms with E-state index < -0.39 is 0 Å². The third kappa shape index (κ3) is 2.24. The third-order valence-corrected chi connectivity index (χ3v) is 3.98. The highest BCUT2D eigenvalue weighted by molar-refractivity contribution is 5.41. The van der Waals surface area contributed by atoms with Crippen molar-refractivity contribution in [3.05, 3.63) is 23.9 Å². The van der Waals surface area contributed by atoms with Crippen LogP contribution in [0.2, 0.25) is 0 Å². The zero-order valence-electron chi connectivity index (χ0n) is 11.5. The van der Waals surface area contributed by atoms with E-state index in [9.17, 15) is 0 Å². The summed E-state index contributed by atoms with van der Waals surface area (Å²) in [5.41, 5.74) is 1.47. The maximum absolute atomic E-state index is 5.86. The highest BCUT2D eigenvalue weighted by Gasteiger charge is 2.34. The van der Waals surface area contributed by atoms with Gasteiger partial charge in [0.15, 0.2) is 0 Å². The zero-order valence-corrected chi connectivity index (χ0v) is 11.5. The van der Waals surface area contributed by atoms with Crippen molar-refractivity contribution in [2.45, 2.75) is 51.2 Å². The maximum Gasteiger partial charge on any atom is 0.128 e. The quantitative estimate of drug-likeness (QED) is 0.762. The van der Waals surface area contributed by atoms with Gasteiger partial charge >= 0.3 is 0 Å². The molecule has 0 aromatic carbocycles. The molecule has 1 aromatic heterocycles. The van der Waals surface area contributed by atoms with Crippen LogP contribution in [-0.4, -0.2) is 30.3 Å². The normalized spacial score (nSPS) is 27.6. The summed E-state index contributed by atoms with van der Waals surface area (Å²) in [6.45, 7) is 8.66. The Balaban J connectivity index is 1.77. The molecule has 2 bridgehead atoms. The summed E-state index contributed by atoms with van der Waals surface area (Å²) in [7, 11) is 0. The molecule has 2 atom stereocenters. The van der Waals surface area contributed by atoms with Crippen LogP contribution in [0.5, 0.6) is 0 Å². The molecule has 0 spiro atoms. The Kier molecular flexibility index (Phi) is 2.81. The van der Waals surface area contributed by atoms with Crippen LogP contribution in [0.4, 0.5) is 5.82 Å². The van der Waals surface area contributed by atoms with Gasteiger partial charge in [-0.05, 0) is 29.9 Å². The molecule has 0 radical (unpaired) electrons. The summed E-state index contributed by atoms with van der Waals surface area (Å²) >= 11 is 0. The van der Waals surface area contributed by atoms with Crippen molar-refractivity contribution in [2.24, 2.45) is 0 Å². The molecular formula is C15H22N2O. The fraction of sp³-hybridized carbons (Fsp3) is 0.667. The third-order valence-electron chi connectivity index (χ3n) is 3.98. The maximum atomic E-state index is 5.86. The Labute approximate surface area is 109 Å². The smallest absolute Gasteiger partial charge is 0.128 e. The molecule has 3 nitrogen and oxygen atoms in total. The van der Waals surface area contributed by atoms with Gasteiger partial charge in [-0.3, -0.25) is 0 Å². The van der Waals surface area contributed by atoms with Gasteiger partial charge in [-0.15, -0.1) is 0 Å². The summed E-state index contributed by atoms with van der Waals surface area (Å²) < 4.78 is 5.86. The van der Waals surface area contributed by atoms with Crippen molar-refractivity contribution >= 4 is 5.82 Å². The Hall–Kier alpha value is -1.09. The van der Waals surface area contributed by atoms with Crippen molar-refractivity contribution < 1.29 is 4.74 Å². The van der Waals surface area contributed by atoms with Gasteiger partial charge in [-0.2, -0.15) is 0 Å². The molecule has 2 saturated heterocycles. The number of anilines is 1. The van der Waals surface area contributed by atoms with Gasteiger partial charge in [0, 0.05) is 19.3 Å². The molecule has 0 saturated carbocycles. The van der Waals surface area contributed by atoms with Crippen molar-refractivity contribution in [1.29, 1.82) is 0 Å². The predicted molar refractivity (Wildman–Crippen MR) is 73.0 cm³/mol. The SMILES string of the molecule is CC(C)(C)c1ccc(N2CC3CCC(C2)O3)nc1. The van der Waals surface area contributed by atoms with Crippen molar-refractivity contribution in [3.63, 3.8) is 0 Å². The van der Waals surface area contributed by atoms with E-state index in [1.807, 2.05) is 6.20 Å². The van der Waals surface area contributed by atoms with E-state index in [4.69, 9.17) is 4.74 Å². The fourth-order valence-electron chi connectivity index (χ4n) is 2.82. The highest BCUT2D eigenvalue weighted by atomic mass is 16.5. The van der Waals surface area contributed by atoms with Gasteiger partial charge < -0.3 is 9.64 Å². The number of hydrogen-bond donors (Lipinski definition) is 0. The molecule has 0 N–H and O–H groups in total. The molecule has 2 unspecified atom stereocenters. The Morgan fingerprint density at radius 3 is 2.33 bits per heavy atom. The summed E-state index contributed by atoms with van der Waals surface area (Å²) in [5.74, 6) is 1.10. The van der Waals surface area contributed by atoms with E-state index >= 15 is 0 Å². The average molecular weight is 246 g/mol. The Morgan fingerprint density at radius 1 is 1.17 bits per heavy atom. The van der Waals surface area contributed by atoms with Crippen LogP contribution in [0.3, 0.4) is 0 Å². The molecule has 1 aromatic rings. The number of pyridine rings is 1. The molecule has 3 rings (SSSR count). The van der Waals surface area contributed by atoms with Crippen LogP contribution in [0, 0.1) is 0 Å². The molecule has 0 aliphatic carbocycles. The van der Waals surface area contributed by atoms with Crippen LogP contribution in [0.15, 0.2) is 18.3 Å². The fourth-order valence-corrected chi connectivity index (χ4v) is 2.82. The number of hydrogen-bond acceptors (Lipinski definition) is 3. The summed E-state index contributed by atoms with van der Waals surface area (Å²) in [4.78, 5) is 7.01. The van der Waals surface area contributed by atoms with Crippen LogP contribution < -0.4 is 4.90 Å². The number of fused-ring (bicyclic) bond motifs is 2. The molecule has 98 valence electrons. The van der Waals surface area contributed by atoms with E-state index in [1.54, 1.807) is 0 Å². The molecule has 2 aliphatic heterocycles. The number of aromatic nitrogens is 1. The van der Waals surface area contributed by atoms with E-state index in [1.165, 1.54) is 18.4 Å². The first kappa shape index (κ1) is 12.0. The summed E-state index contributed by atoms with van der Waals surface area (Å²) in [6.07, 6.45) is 5.29. The van der Waals surface area contributed by atoms with E-state index in [0.29, 0.717) is 12.2 Å². The van der Waals surface area contributed by atoms with Gasteiger partial charge in [0.2, 0.25) is 0 Å². The standard InChI is InChI=1S/C15H22N2O/c1-15(2,3)11-4-7-14(16-8-11)17-9-12-5-6-13(10-17)18-12/h4,7-8,12-13H,5-6,9-10H2,1-3H3. The van der Waals surface area contributed by atoms with Crippen molar-refractivity contribution in [2.75, 3.05) is 18.0 Å². The first-order valence-electron chi connectivity index (χ1n) is 6.89. The van der Waals surface area contributed by atoms with Gasteiger partial charge in [0.05, 0.1) is 12.2 Å². The largest absolute Gasteiger partial charge is 0.371 e.